The van der Waals surface area contributed by atoms with Crippen molar-refractivity contribution >= 4 is 39.0 Å². The van der Waals surface area contributed by atoms with Crippen molar-refractivity contribution in [1.82, 2.24) is 4.31 Å². The molecule has 1 heterocycles. The van der Waals surface area contributed by atoms with Crippen LogP contribution in [-0.2, 0) is 15.8 Å². The average molecular weight is 345 g/mol. The largest absolute Gasteiger partial charge is 0.389 e. The summed E-state index contributed by atoms with van der Waals surface area (Å²) in [4.78, 5) is 0.232. The molecule has 0 bridgehead atoms. The van der Waals surface area contributed by atoms with Gasteiger partial charge in [-0.05, 0) is 19.4 Å². The highest BCUT2D eigenvalue weighted by Crippen LogP contribution is 2.31. The van der Waals surface area contributed by atoms with Crippen LogP contribution in [0.1, 0.15) is 25.0 Å². The molecule has 116 valence electrons. The Bertz CT molecular complexity index is 641. The van der Waals surface area contributed by atoms with Gasteiger partial charge in [0.1, 0.15) is 4.99 Å². The first-order valence-corrected chi connectivity index (χ1v) is 9.71. The number of sulfonamides is 1. The zero-order chi connectivity index (χ0) is 15.7. The minimum absolute atomic E-state index is 0.0476. The lowest BCUT2D eigenvalue weighted by Crippen LogP contribution is -2.46. The molecule has 2 rings (SSSR count). The molecule has 4 nitrogen and oxygen atoms in total. The van der Waals surface area contributed by atoms with Crippen LogP contribution in [0.2, 0.25) is 0 Å². The van der Waals surface area contributed by atoms with E-state index in [1.807, 2.05) is 23.9 Å². The van der Waals surface area contributed by atoms with Gasteiger partial charge < -0.3 is 5.73 Å². The van der Waals surface area contributed by atoms with Crippen LogP contribution in [0.25, 0.3) is 0 Å². The quantitative estimate of drug-likeness (QED) is 0.846. The SMILES string of the molecule is CC1(C)CN(S(=O)(=O)Cc2ccccc2C(N)=S)CCS1. The number of thiocarbonyl (C=S) groups is 1. The van der Waals surface area contributed by atoms with Gasteiger partial charge in [-0.3, -0.25) is 0 Å². The van der Waals surface area contributed by atoms with E-state index in [1.54, 1.807) is 16.4 Å². The minimum atomic E-state index is -3.36. The molecule has 0 saturated carbocycles. The maximum Gasteiger partial charge on any atom is 0.218 e. The first-order chi connectivity index (χ1) is 9.71. The van der Waals surface area contributed by atoms with Crippen molar-refractivity contribution in [2.24, 2.45) is 5.73 Å². The highest BCUT2D eigenvalue weighted by molar-refractivity contribution is 8.00. The Morgan fingerprint density at radius 2 is 2.10 bits per heavy atom. The molecular formula is C14H20N2O2S3. The molecule has 1 fully saturated rings. The molecule has 1 saturated heterocycles. The van der Waals surface area contributed by atoms with Gasteiger partial charge >= 0.3 is 0 Å². The number of thioether (sulfide) groups is 1. The Morgan fingerprint density at radius 1 is 1.43 bits per heavy atom. The first kappa shape index (κ1) is 16.7. The van der Waals surface area contributed by atoms with E-state index in [2.05, 4.69) is 13.8 Å². The maximum absolute atomic E-state index is 12.7. The predicted molar refractivity (Wildman–Crippen MR) is 93.1 cm³/mol. The number of hydrogen-bond donors (Lipinski definition) is 1. The molecule has 0 aromatic heterocycles. The molecule has 0 unspecified atom stereocenters. The van der Waals surface area contributed by atoms with Crippen molar-refractivity contribution in [3.63, 3.8) is 0 Å². The molecule has 7 heteroatoms. The second-order valence-corrected chi connectivity index (χ2v) is 9.93. The summed E-state index contributed by atoms with van der Waals surface area (Å²) in [5.74, 6) is 0.768. The van der Waals surface area contributed by atoms with Crippen LogP contribution in [-0.4, -0.2) is 41.3 Å². The van der Waals surface area contributed by atoms with Gasteiger partial charge in [0.05, 0.1) is 5.75 Å². The van der Waals surface area contributed by atoms with Crippen molar-refractivity contribution in [3.05, 3.63) is 35.4 Å². The fraction of sp³-hybridized carbons (Fsp3) is 0.500. The van der Waals surface area contributed by atoms with Crippen molar-refractivity contribution in [2.75, 3.05) is 18.8 Å². The number of benzene rings is 1. The Morgan fingerprint density at radius 3 is 2.71 bits per heavy atom. The van der Waals surface area contributed by atoms with E-state index in [-0.39, 0.29) is 15.5 Å². The standard InChI is InChI=1S/C14H20N2O2S3/c1-14(2)10-16(7-8-20-14)21(17,18)9-11-5-3-4-6-12(11)13(15)19/h3-6H,7-10H2,1-2H3,(H2,15,19). The number of rotatable bonds is 4. The smallest absolute Gasteiger partial charge is 0.218 e. The molecule has 0 spiro atoms. The minimum Gasteiger partial charge on any atom is -0.389 e. The zero-order valence-electron chi connectivity index (χ0n) is 12.2. The molecule has 2 N–H and O–H groups in total. The van der Waals surface area contributed by atoms with Gasteiger partial charge in [-0.1, -0.05) is 36.5 Å². The molecule has 21 heavy (non-hydrogen) atoms. The third-order valence-corrected chi connectivity index (χ3v) is 6.70. The summed E-state index contributed by atoms with van der Waals surface area (Å²) in [6.07, 6.45) is 0. The fourth-order valence-electron chi connectivity index (χ4n) is 2.38. The molecular weight excluding hydrogens is 324 g/mol. The van der Waals surface area contributed by atoms with Gasteiger partial charge in [0.15, 0.2) is 0 Å². The summed E-state index contributed by atoms with van der Waals surface area (Å²) in [6, 6.07) is 7.16. The second kappa shape index (κ2) is 6.24. The summed E-state index contributed by atoms with van der Waals surface area (Å²) >= 11 is 6.81. The molecule has 0 atom stereocenters. The maximum atomic E-state index is 12.7. The van der Waals surface area contributed by atoms with Crippen molar-refractivity contribution in [1.29, 1.82) is 0 Å². The van der Waals surface area contributed by atoms with Crippen LogP contribution < -0.4 is 5.73 Å². The van der Waals surface area contributed by atoms with Crippen LogP contribution in [0, 0.1) is 0 Å². The Balaban J connectivity index is 2.24. The van der Waals surface area contributed by atoms with E-state index in [4.69, 9.17) is 18.0 Å². The predicted octanol–water partition coefficient (Wildman–Crippen LogP) is 1.98. The molecule has 1 aromatic carbocycles. The van der Waals surface area contributed by atoms with E-state index >= 15 is 0 Å². The van der Waals surface area contributed by atoms with Gasteiger partial charge in [0.2, 0.25) is 10.0 Å². The molecule has 0 aliphatic carbocycles. The molecule has 1 aliphatic rings. The second-order valence-electron chi connectivity index (χ2n) is 5.72. The van der Waals surface area contributed by atoms with E-state index in [0.717, 1.165) is 5.75 Å². The molecule has 1 aromatic rings. The van der Waals surface area contributed by atoms with Crippen molar-refractivity contribution in [3.8, 4) is 0 Å². The Labute approximate surface area is 136 Å². The van der Waals surface area contributed by atoms with Crippen molar-refractivity contribution in [2.45, 2.75) is 24.3 Å². The Kier molecular flexibility index (Phi) is 4.97. The lowest BCUT2D eigenvalue weighted by molar-refractivity contribution is 0.387. The Hall–Kier alpha value is -0.630. The average Bonchev–Trinajstić information content (AvgIpc) is 2.37. The van der Waals surface area contributed by atoms with E-state index < -0.39 is 10.0 Å². The normalized spacial score (nSPS) is 19.3. The van der Waals surface area contributed by atoms with Crippen molar-refractivity contribution < 1.29 is 8.42 Å². The number of hydrogen-bond acceptors (Lipinski definition) is 4. The van der Waals surface area contributed by atoms with Crippen LogP contribution >= 0.6 is 24.0 Å². The van der Waals surface area contributed by atoms with E-state index in [0.29, 0.717) is 24.2 Å². The molecule has 1 aliphatic heterocycles. The van der Waals surface area contributed by atoms with Crippen LogP contribution in [0.4, 0.5) is 0 Å². The van der Waals surface area contributed by atoms with Crippen LogP contribution in [0.5, 0.6) is 0 Å². The fourth-order valence-corrected chi connectivity index (χ4v) is 5.61. The molecule has 0 amide bonds. The van der Waals surface area contributed by atoms with Gasteiger partial charge in [-0.2, -0.15) is 16.1 Å². The van der Waals surface area contributed by atoms with Gasteiger partial charge in [0.25, 0.3) is 0 Å². The highest BCUT2D eigenvalue weighted by atomic mass is 32.2. The highest BCUT2D eigenvalue weighted by Gasteiger charge is 2.34. The third-order valence-electron chi connectivity index (χ3n) is 3.40. The van der Waals surface area contributed by atoms with E-state index in [9.17, 15) is 8.42 Å². The summed E-state index contributed by atoms with van der Waals surface area (Å²) in [5.41, 5.74) is 6.98. The lowest BCUT2D eigenvalue weighted by Gasteiger charge is -2.36. The summed E-state index contributed by atoms with van der Waals surface area (Å²) in [7, 11) is -3.36. The third kappa shape index (κ3) is 4.18. The molecule has 0 radical (unpaired) electrons. The first-order valence-electron chi connectivity index (χ1n) is 6.71. The van der Waals surface area contributed by atoms with Crippen LogP contribution in [0.3, 0.4) is 0 Å². The summed E-state index contributed by atoms with van der Waals surface area (Å²) in [5, 5.41) is 0. The van der Waals surface area contributed by atoms with Gasteiger partial charge in [-0.25, -0.2) is 8.42 Å². The number of nitrogens with zero attached hydrogens (tertiary/aromatic N) is 1. The summed E-state index contributed by atoms with van der Waals surface area (Å²) in [6.45, 7) is 5.24. The zero-order valence-corrected chi connectivity index (χ0v) is 14.7. The lowest BCUT2D eigenvalue weighted by atomic mass is 10.1. The van der Waals surface area contributed by atoms with Gasteiger partial charge in [-0.15, -0.1) is 0 Å². The van der Waals surface area contributed by atoms with Gasteiger partial charge in [0, 0.05) is 29.2 Å². The van der Waals surface area contributed by atoms with Crippen LogP contribution in [0.15, 0.2) is 24.3 Å². The monoisotopic (exact) mass is 344 g/mol. The summed E-state index contributed by atoms with van der Waals surface area (Å²) < 4.78 is 26.8. The van der Waals surface area contributed by atoms with E-state index in [1.165, 1.54) is 0 Å². The topological polar surface area (TPSA) is 63.4 Å². The number of nitrogens with two attached hydrogens (primary N) is 1.